The van der Waals surface area contributed by atoms with Crippen molar-refractivity contribution in [3.8, 4) is 0 Å². The molecule has 0 spiro atoms. The Hall–Kier alpha value is -0.340. The lowest BCUT2D eigenvalue weighted by Crippen LogP contribution is -1.83. The van der Waals surface area contributed by atoms with Crippen molar-refractivity contribution in [3.05, 3.63) is 40.2 Å². The molecule has 13 heavy (non-hydrogen) atoms. The van der Waals surface area contributed by atoms with E-state index >= 15 is 0 Å². The second kappa shape index (κ2) is 4.77. The van der Waals surface area contributed by atoms with Crippen LogP contribution in [0.15, 0.2) is 23.8 Å². The van der Waals surface area contributed by atoms with Gasteiger partial charge in [0.1, 0.15) is 5.82 Å². The van der Waals surface area contributed by atoms with Crippen LogP contribution in [0.1, 0.15) is 12.5 Å². The first-order chi connectivity index (χ1) is 6.13. The van der Waals surface area contributed by atoms with E-state index in [-0.39, 0.29) is 5.82 Å². The molecule has 0 saturated heterocycles. The van der Waals surface area contributed by atoms with Crippen LogP contribution in [-0.2, 0) is 0 Å². The van der Waals surface area contributed by atoms with Gasteiger partial charge in [-0.15, -0.1) is 0 Å². The third-order valence-electron chi connectivity index (χ3n) is 1.58. The van der Waals surface area contributed by atoms with Crippen LogP contribution in [0, 0.1) is 5.82 Å². The Morgan fingerprint density at radius 3 is 2.85 bits per heavy atom. The van der Waals surface area contributed by atoms with Gasteiger partial charge in [0, 0.05) is 15.9 Å². The SMILES string of the molecule is C/C(=C/c1ccc(Cl)cc1F)CBr. The van der Waals surface area contributed by atoms with Gasteiger partial charge >= 0.3 is 0 Å². The average Bonchev–Trinajstić information content (AvgIpc) is 2.09. The lowest BCUT2D eigenvalue weighted by Gasteiger charge is -1.99. The molecule has 0 radical (unpaired) electrons. The first-order valence-electron chi connectivity index (χ1n) is 3.81. The van der Waals surface area contributed by atoms with Gasteiger partial charge in [0.05, 0.1) is 0 Å². The molecule has 0 heterocycles. The highest BCUT2D eigenvalue weighted by molar-refractivity contribution is 9.09. The van der Waals surface area contributed by atoms with Crippen molar-refractivity contribution in [3.63, 3.8) is 0 Å². The van der Waals surface area contributed by atoms with Gasteiger partial charge in [-0.25, -0.2) is 4.39 Å². The van der Waals surface area contributed by atoms with Crippen molar-refractivity contribution in [1.82, 2.24) is 0 Å². The molecule has 1 aromatic rings. The maximum atomic E-state index is 13.2. The summed E-state index contributed by atoms with van der Waals surface area (Å²) >= 11 is 8.91. The molecule has 70 valence electrons. The second-order valence-electron chi connectivity index (χ2n) is 2.79. The van der Waals surface area contributed by atoms with E-state index in [2.05, 4.69) is 15.9 Å². The molecule has 0 aliphatic heterocycles. The van der Waals surface area contributed by atoms with Crippen molar-refractivity contribution < 1.29 is 4.39 Å². The standard InChI is InChI=1S/C10H9BrClF/c1-7(6-11)4-8-2-3-9(12)5-10(8)13/h2-5H,6H2,1H3/b7-4-. The zero-order valence-corrected chi connectivity index (χ0v) is 9.49. The molecule has 0 fully saturated rings. The summed E-state index contributed by atoms with van der Waals surface area (Å²) in [7, 11) is 0. The highest BCUT2D eigenvalue weighted by Crippen LogP contribution is 2.17. The molecular formula is C10H9BrClF. The number of rotatable bonds is 2. The van der Waals surface area contributed by atoms with Gasteiger partial charge in [-0.1, -0.05) is 45.2 Å². The summed E-state index contributed by atoms with van der Waals surface area (Å²) in [4.78, 5) is 0. The van der Waals surface area contributed by atoms with Crippen molar-refractivity contribution in [2.24, 2.45) is 0 Å². The Morgan fingerprint density at radius 1 is 1.62 bits per heavy atom. The van der Waals surface area contributed by atoms with Crippen LogP contribution < -0.4 is 0 Å². The van der Waals surface area contributed by atoms with E-state index in [0.29, 0.717) is 10.6 Å². The fourth-order valence-electron chi connectivity index (χ4n) is 0.923. The van der Waals surface area contributed by atoms with E-state index in [4.69, 9.17) is 11.6 Å². The molecule has 0 unspecified atom stereocenters. The van der Waals surface area contributed by atoms with Crippen LogP contribution in [0.5, 0.6) is 0 Å². The third kappa shape index (κ3) is 3.12. The maximum Gasteiger partial charge on any atom is 0.131 e. The van der Waals surface area contributed by atoms with Crippen LogP contribution in [0.4, 0.5) is 4.39 Å². The minimum atomic E-state index is -0.284. The first-order valence-corrected chi connectivity index (χ1v) is 5.31. The molecule has 0 N–H and O–H groups in total. The summed E-state index contributed by atoms with van der Waals surface area (Å²) in [5.74, 6) is -0.284. The molecule has 0 saturated carbocycles. The first kappa shape index (κ1) is 10.7. The van der Waals surface area contributed by atoms with Crippen molar-refractivity contribution in [2.75, 3.05) is 5.33 Å². The fourth-order valence-corrected chi connectivity index (χ4v) is 1.24. The van der Waals surface area contributed by atoms with Crippen molar-refractivity contribution >= 4 is 33.6 Å². The number of alkyl halides is 1. The molecule has 0 atom stereocenters. The van der Waals surface area contributed by atoms with Gasteiger partial charge in [0.25, 0.3) is 0 Å². The van der Waals surface area contributed by atoms with Gasteiger partial charge in [0.2, 0.25) is 0 Å². The number of benzene rings is 1. The van der Waals surface area contributed by atoms with Crippen LogP contribution >= 0.6 is 27.5 Å². The summed E-state index contributed by atoms with van der Waals surface area (Å²) in [6.07, 6.45) is 1.79. The van der Waals surface area contributed by atoms with Crippen LogP contribution in [0.25, 0.3) is 6.08 Å². The molecule has 0 aromatic heterocycles. The summed E-state index contributed by atoms with van der Waals surface area (Å²) in [6.45, 7) is 1.93. The molecule has 0 bridgehead atoms. The molecule has 0 aliphatic rings. The zero-order chi connectivity index (χ0) is 9.84. The van der Waals surface area contributed by atoms with E-state index in [9.17, 15) is 4.39 Å². The van der Waals surface area contributed by atoms with Crippen LogP contribution in [-0.4, -0.2) is 5.33 Å². The second-order valence-corrected chi connectivity index (χ2v) is 3.79. The zero-order valence-electron chi connectivity index (χ0n) is 7.15. The van der Waals surface area contributed by atoms with E-state index in [0.717, 1.165) is 10.9 Å². The topological polar surface area (TPSA) is 0 Å². The number of hydrogen-bond donors (Lipinski definition) is 0. The molecule has 1 aromatic carbocycles. The molecule has 1 rings (SSSR count). The Bertz CT molecular complexity index is 334. The highest BCUT2D eigenvalue weighted by Gasteiger charge is 1.99. The van der Waals surface area contributed by atoms with E-state index < -0.39 is 0 Å². The maximum absolute atomic E-state index is 13.2. The Labute approximate surface area is 90.5 Å². The quantitative estimate of drug-likeness (QED) is 0.699. The smallest absolute Gasteiger partial charge is 0.131 e. The highest BCUT2D eigenvalue weighted by atomic mass is 79.9. The van der Waals surface area contributed by atoms with E-state index in [1.807, 2.05) is 6.92 Å². The third-order valence-corrected chi connectivity index (χ3v) is 2.69. The Balaban J connectivity index is 3.03. The summed E-state index contributed by atoms with van der Waals surface area (Å²) in [5.41, 5.74) is 1.64. The predicted molar refractivity (Wildman–Crippen MR) is 58.9 cm³/mol. The monoisotopic (exact) mass is 262 g/mol. The van der Waals surface area contributed by atoms with Crippen LogP contribution in [0.3, 0.4) is 0 Å². The summed E-state index contributed by atoms with van der Waals surface area (Å²) < 4.78 is 13.2. The molecular weight excluding hydrogens is 254 g/mol. The number of allylic oxidation sites excluding steroid dienone is 1. The van der Waals surface area contributed by atoms with Crippen molar-refractivity contribution in [1.29, 1.82) is 0 Å². The summed E-state index contributed by atoms with van der Waals surface area (Å²) in [5, 5.41) is 1.17. The minimum Gasteiger partial charge on any atom is -0.206 e. The number of halogens is 3. The van der Waals surface area contributed by atoms with Gasteiger partial charge in [0.15, 0.2) is 0 Å². The van der Waals surface area contributed by atoms with Gasteiger partial charge in [-0.3, -0.25) is 0 Å². The van der Waals surface area contributed by atoms with Gasteiger partial charge in [-0.05, 0) is 19.1 Å². The van der Waals surface area contributed by atoms with E-state index in [1.165, 1.54) is 6.07 Å². The molecule has 0 amide bonds. The predicted octanol–water partition coefficient (Wildman–Crippen LogP) is 4.28. The normalized spacial score (nSPS) is 11.8. The minimum absolute atomic E-state index is 0.284. The average molecular weight is 264 g/mol. The number of hydrogen-bond acceptors (Lipinski definition) is 0. The van der Waals surface area contributed by atoms with E-state index in [1.54, 1.807) is 18.2 Å². The van der Waals surface area contributed by atoms with Crippen molar-refractivity contribution in [2.45, 2.75) is 6.92 Å². The van der Waals surface area contributed by atoms with Gasteiger partial charge in [-0.2, -0.15) is 0 Å². The largest absolute Gasteiger partial charge is 0.206 e. The summed E-state index contributed by atoms with van der Waals surface area (Å²) in [6, 6.07) is 4.66. The van der Waals surface area contributed by atoms with Gasteiger partial charge < -0.3 is 0 Å². The molecule has 3 heteroatoms. The lowest BCUT2D eigenvalue weighted by molar-refractivity contribution is 0.625. The Morgan fingerprint density at radius 2 is 2.31 bits per heavy atom. The molecule has 0 nitrogen and oxygen atoms in total. The molecule has 0 aliphatic carbocycles. The van der Waals surface area contributed by atoms with Crippen LogP contribution in [0.2, 0.25) is 5.02 Å². The lowest BCUT2D eigenvalue weighted by atomic mass is 10.1. The fraction of sp³-hybridized carbons (Fsp3) is 0.200. The Kier molecular flexibility index (Phi) is 3.94.